The van der Waals surface area contributed by atoms with Crippen LogP contribution in [0.1, 0.15) is 251 Å². The lowest BCUT2D eigenvalue weighted by atomic mass is 9.99. The fraction of sp³-hybridized carbons (Fsp3) is 0.907. The van der Waals surface area contributed by atoms with E-state index in [4.69, 9.17) is 18.9 Å². The summed E-state index contributed by atoms with van der Waals surface area (Å²) >= 11 is 0. The topological polar surface area (TPSA) is 135 Å². The summed E-state index contributed by atoms with van der Waals surface area (Å²) < 4.78 is 22.9. The largest absolute Gasteiger partial charge is 0.457 e. The van der Waals surface area contributed by atoms with Crippen LogP contribution in [-0.4, -0.2) is 89.6 Å². The fourth-order valence-corrected chi connectivity index (χ4v) is 8.41. The van der Waals surface area contributed by atoms with E-state index in [-0.39, 0.29) is 19.2 Å². The molecule has 0 spiro atoms. The van der Waals surface area contributed by atoms with E-state index in [0.29, 0.717) is 13.0 Å². The van der Waals surface area contributed by atoms with Gasteiger partial charge < -0.3 is 39.4 Å². The molecule has 0 saturated carbocycles. The van der Waals surface area contributed by atoms with Gasteiger partial charge in [0.05, 0.1) is 19.8 Å². The number of esters is 1. The highest BCUT2D eigenvalue weighted by molar-refractivity contribution is 5.69. The number of rotatable bonds is 47. The molecule has 1 rings (SSSR count). The normalized spacial score (nSPS) is 19.7. The van der Waals surface area contributed by atoms with E-state index < -0.39 is 43.4 Å². The number of allylic oxidation sites excluding steroid dienone is 4. The molecule has 4 N–H and O–H groups in total. The molecular formula is C54H102O9. The summed E-state index contributed by atoms with van der Waals surface area (Å²) in [4.78, 5) is 12.9. The Bertz CT molecular complexity index is 1020. The van der Waals surface area contributed by atoms with Crippen molar-refractivity contribution in [1.29, 1.82) is 0 Å². The van der Waals surface area contributed by atoms with Crippen LogP contribution in [0.25, 0.3) is 0 Å². The molecule has 63 heavy (non-hydrogen) atoms. The predicted molar refractivity (Wildman–Crippen MR) is 261 cm³/mol. The Kier molecular flexibility index (Phi) is 43.4. The maximum Gasteiger partial charge on any atom is 0.306 e. The minimum Gasteiger partial charge on any atom is -0.457 e. The lowest BCUT2D eigenvalue weighted by Crippen LogP contribution is -2.59. The van der Waals surface area contributed by atoms with Crippen LogP contribution in [0.4, 0.5) is 0 Å². The monoisotopic (exact) mass is 895 g/mol. The molecule has 1 fully saturated rings. The van der Waals surface area contributed by atoms with E-state index in [1.165, 1.54) is 193 Å². The third-order valence-electron chi connectivity index (χ3n) is 12.6. The first-order chi connectivity index (χ1) is 30.9. The first-order valence-corrected chi connectivity index (χ1v) is 26.9. The van der Waals surface area contributed by atoms with Crippen molar-refractivity contribution in [2.24, 2.45) is 0 Å². The third-order valence-corrected chi connectivity index (χ3v) is 12.6. The molecule has 1 aliphatic rings. The number of hydrogen-bond donors (Lipinski definition) is 4. The van der Waals surface area contributed by atoms with Gasteiger partial charge in [-0.25, -0.2) is 0 Å². The molecule has 0 radical (unpaired) electrons. The van der Waals surface area contributed by atoms with Crippen LogP contribution >= 0.6 is 0 Å². The predicted octanol–water partition coefficient (Wildman–Crippen LogP) is 13.3. The second-order valence-electron chi connectivity index (χ2n) is 18.7. The quantitative estimate of drug-likeness (QED) is 0.0267. The Morgan fingerprint density at radius 3 is 1.40 bits per heavy atom. The Morgan fingerprint density at radius 1 is 0.508 bits per heavy atom. The average Bonchev–Trinajstić information content (AvgIpc) is 3.28. The van der Waals surface area contributed by atoms with E-state index in [2.05, 4.69) is 38.2 Å². The summed E-state index contributed by atoms with van der Waals surface area (Å²) in [7, 11) is 0. The molecule has 1 saturated heterocycles. The second kappa shape index (κ2) is 45.8. The highest BCUT2D eigenvalue weighted by Gasteiger charge is 2.44. The highest BCUT2D eigenvalue weighted by Crippen LogP contribution is 2.23. The van der Waals surface area contributed by atoms with Gasteiger partial charge >= 0.3 is 5.97 Å². The molecule has 0 aromatic rings. The summed E-state index contributed by atoms with van der Waals surface area (Å²) in [6.45, 7) is 4.58. The van der Waals surface area contributed by atoms with E-state index >= 15 is 0 Å². The van der Waals surface area contributed by atoms with Gasteiger partial charge in [-0.05, 0) is 44.9 Å². The number of hydrogen-bond acceptors (Lipinski definition) is 9. The maximum absolute atomic E-state index is 12.9. The molecule has 9 heteroatoms. The van der Waals surface area contributed by atoms with Crippen molar-refractivity contribution in [3.63, 3.8) is 0 Å². The molecular weight excluding hydrogens is 793 g/mol. The molecule has 0 amide bonds. The molecule has 0 bridgehead atoms. The zero-order valence-corrected chi connectivity index (χ0v) is 41.1. The van der Waals surface area contributed by atoms with Crippen LogP contribution in [0.5, 0.6) is 0 Å². The van der Waals surface area contributed by atoms with Crippen molar-refractivity contribution in [2.45, 2.75) is 288 Å². The van der Waals surface area contributed by atoms with E-state index in [0.717, 1.165) is 38.5 Å². The maximum atomic E-state index is 12.9. The van der Waals surface area contributed by atoms with Gasteiger partial charge in [-0.1, -0.05) is 224 Å². The van der Waals surface area contributed by atoms with E-state index in [9.17, 15) is 25.2 Å². The van der Waals surface area contributed by atoms with Crippen molar-refractivity contribution in [2.75, 3.05) is 26.4 Å². The van der Waals surface area contributed by atoms with Gasteiger partial charge in [0, 0.05) is 13.0 Å². The van der Waals surface area contributed by atoms with Crippen LogP contribution < -0.4 is 0 Å². The van der Waals surface area contributed by atoms with Gasteiger partial charge in [-0.15, -0.1) is 0 Å². The van der Waals surface area contributed by atoms with Gasteiger partial charge in [0.1, 0.15) is 30.5 Å². The lowest BCUT2D eigenvalue weighted by molar-refractivity contribution is -0.305. The molecule has 6 atom stereocenters. The smallest absolute Gasteiger partial charge is 0.306 e. The summed E-state index contributed by atoms with van der Waals surface area (Å²) in [5.41, 5.74) is 0. The number of aliphatic hydroxyl groups is 4. The molecule has 0 aromatic heterocycles. The standard InChI is InChI=1S/C54H102O9/c1-3-5-7-9-11-13-15-17-19-21-23-25-27-29-31-33-35-37-39-41-43-50(56)62-48(47-61-54-53(59)52(58)51(57)49(45-55)63-54)46-60-44-42-40-38-36-34-32-30-28-26-24-22-20-18-16-14-12-10-8-6-4-2/h12,14,18,20,48-49,51-55,57-59H,3-11,13,15-17,19,21-47H2,1-2H3/b14-12-,20-18-. The molecule has 372 valence electrons. The Hall–Kier alpha value is -1.33. The van der Waals surface area contributed by atoms with E-state index in [1.54, 1.807) is 0 Å². The van der Waals surface area contributed by atoms with Crippen molar-refractivity contribution in [1.82, 2.24) is 0 Å². The second-order valence-corrected chi connectivity index (χ2v) is 18.7. The van der Waals surface area contributed by atoms with Gasteiger partial charge in [-0.3, -0.25) is 4.79 Å². The van der Waals surface area contributed by atoms with Gasteiger partial charge in [0.25, 0.3) is 0 Å². The average molecular weight is 895 g/mol. The van der Waals surface area contributed by atoms with Crippen LogP contribution in [0.2, 0.25) is 0 Å². The molecule has 9 nitrogen and oxygen atoms in total. The molecule has 0 aliphatic carbocycles. The SMILES string of the molecule is CCCCC/C=C\C/C=C\CCCCCCCCCCCCOCC(COC1OC(CO)C(O)C(O)C1O)OC(=O)CCCCCCCCCCCCCCCCCCCCCC. The van der Waals surface area contributed by atoms with Gasteiger partial charge in [0.15, 0.2) is 6.29 Å². The van der Waals surface area contributed by atoms with Crippen molar-refractivity contribution in [3.05, 3.63) is 24.3 Å². The van der Waals surface area contributed by atoms with Crippen LogP contribution in [0.3, 0.4) is 0 Å². The molecule has 1 heterocycles. The Labute approximate surface area is 387 Å². The third kappa shape index (κ3) is 36.5. The number of aliphatic hydroxyl groups excluding tert-OH is 4. The molecule has 0 aromatic carbocycles. The van der Waals surface area contributed by atoms with Gasteiger partial charge in [-0.2, -0.15) is 0 Å². The summed E-state index contributed by atoms with van der Waals surface area (Å²) in [5.74, 6) is -0.309. The van der Waals surface area contributed by atoms with Crippen molar-refractivity contribution >= 4 is 5.97 Å². The zero-order valence-electron chi connectivity index (χ0n) is 41.1. The Morgan fingerprint density at radius 2 is 0.921 bits per heavy atom. The Balaban J connectivity index is 2.17. The highest BCUT2D eigenvalue weighted by atomic mass is 16.7. The number of ether oxygens (including phenoxy) is 4. The minimum atomic E-state index is -1.53. The van der Waals surface area contributed by atoms with E-state index in [1.807, 2.05) is 0 Å². The lowest BCUT2D eigenvalue weighted by Gasteiger charge is -2.39. The van der Waals surface area contributed by atoms with Crippen molar-refractivity contribution in [3.8, 4) is 0 Å². The van der Waals surface area contributed by atoms with Crippen molar-refractivity contribution < 1.29 is 44.2 Å². The van der Waals surface area contributed by atoms with Crippen LogP contribution in [0.15, 0.2) is 24.3 Å². The summed E-state index contributed by atoms with van der Waals surface area (Å²) in [5, 5.41) is 40.3. The minimum absolute atomic E-state index is 0.110. The number of carbonyl (C=O) groups is 1. The van der Waals surface area contributed by atoms with Gasteiger partial charge in [0.2, 0.25) is 0 Å². The van der Waals surface area contributed by atoms with Crippen LogP contribution in [-0.2, 0) is 23.7 Å². The number of carbonyl (C=O) groups excluding carboxylic acids is 1. The zero-order chi connectivity index (χ0) is 45.7. The first kappa shape index (κ1) is 59.7. The van der Waals surface area contributed by atoms with Crippen LogP contribution in [0, 0.1) is 0 Å². The fourth-order valence-electron chi connectivity index (χ4n) is 8.41. The summed E-state index contributed by atoms with van der Waals surface area (Å²) in [6.07, 6.45) is 47.8. The number of unbranched alkanes of at least 4 members (excludes halogenated alkanes) is 32. The first-order valence-electron chi connectivity index (χ1n) is 26.9. The molecule has 6 unspecified atom stereocenters. The summed E-state index contributed by atoms with van der Waals surface area (Å²) in [6, 6.07) is 0. The molecule has 1 aliphatic heterocycles.